The van der Waals surface area contributed by atoms with Crippen molar-refractivity contribution in [3.63, 3.8) is 0 Å². The summed E-state index contributed by atoms with van der Waals surface area (Å²) < 4.78 is 0. The van der Waals surface area contributed by atoms with E-state index >= 15 is 0 Å². The van der Waals surface area contributed by atoms with E-state index in [9.17, 15) is 14.4 Å². The van der Waals surface area contributed by atoms with Crippen molar-refractivity contribution in [1.82, 2.24) is 20.5 Å². The summed E-state index contributed by atoms with van der Waals surface area (Å²) in [5.74, 6) is 0.432. The summed E-state index contributed by atoms with van der Waals surface area (Å²) in [4.78, 5) is 40.8. The largest absolute Gasteiger partial charge is 0.396 e. The average Bonchev–Trinajstić information content (AvgIpc) is 3.42. The molecule has 2 aliphatic rings. The van der Waals surface area contributed by atoms with Crippen molar-refractivity contribution in [2.24, 2.45) is 5.92 Å². The van der Waals surface area contributed by atoms with Gasteiger partial charge in [-0.25, -0.2) is 0 Å². The third-order valence-corrected chi connectivity index (χ3v) is 5.53. The van der Waals surface area contributed by atoms with Crippen LogP contribution in [0.15, 0.2) is 23.0 Å². The highest BCUT2D eigenvalue weighted by Gasteiger charge is 2.38. The van der Waals surface area contributed by atoms with Crippen LogP contribution >= 0.6 is 0 Å². The standard InChI is InChI=1S/C20H30N4O4/c25-10-2-9-21-19(27)11-15-7-8-16(24(15)13-14-5-6-14)12-22-20(28)17-3-1-4-18(26)23-17/h1,3-4,14-16,25H,2,5-13H2,(H,21,27)(H,22,28)(H,23,26)/t15-,16+/m1/s1. The molecule has 0 spiro atoms. The van der Waals surface area contributed by atoms with Gasteiger partial charge in [-0.3, -0.25) is 19.3 Å². The molecule has 1 saturated heterocycles. The van der Waals surface area contributed by atoms with Crippen LogP contribution in [0.25, 0.3) is 0 Å². The number of hydrogen-bond donors (Lipinski definition) is 4. The molecule has 2 heterocycles. The predicted molar refractivity (Wildman–Crippen MR) is 105 cm³/mol. The van der Waals surface area contributed by atoms with Crippen LogP contribution in [-0.4, -0.2) is 65.1 Å². The number of carbonyl (C=O) groups is 2. The molecule has 2 atom stereocenters. The van der Waals surface area contributed by atoms with Gasteiger partial charge in [0.05, 0.1) is 0 Å². The summed E-state index contributed by atoms with van der Waals surface area (Å²) in [7, 11) is 0. The number of aromatic amines is 1. The van der Waals surface area contributed by atoms with E-state index in [1.54, 1.807) is 12.1 Å². The van der Waals surface area contributed by atoms with E-state index in [0.717, 1.165) is 19.4 Å². The molecule has 8 nitrogen and oxygen atoms in total. The van der Waals surface area contributed by atoms with Gasteiger partial charge in [-0.05, 0) is 44.1 Å². The summed E-state index contributed by atoms with van der Waals surface area (Å²) in [6, 6.07) is 4.92. The highest BCUT2D eigenvalue weighted by Crippen LogP contribution is 2.35. The van der Waals surface area contributed by atoms with Gasteiger partial charge in [0.1, 0.15) is 5.69 Å². The Labute approximate surface area is 164 Å². The smallest absolute Gasteiger partial charge is 0.267 e. The van der Waals surface area contributed by atoms with E-state index in [1.807, 2.05) is 0 Å². The first kappa shape index (κ1) is 20.5. The molecule has 28 heavy (non-hydrogen) atoms. The number of rotatable bonds is 10. The lowest BCUT2D eigenvalue weighted by atomic mass is 10.1. The van der Waals surface area contributed by atoms with E-state index < -0.39 is 0 Å². The third-order valence-electron chi connectivity index (χ3n) is 5.53. The van der Waals surface area contributed by atoms with E-state index in [2.05, 4.69) is 20.5 Å². The molecule has 0 aromatic carbocycles. The fourth-order valence-electron chi connectivity index (χ4n) is 3.83. The molecule has 1 aliphatic heterocycles. The Morgan fingerprint density at radius 3 is 2.64 bits per heavy atom. The second-order valence-electron chi connectivity index (χ2n) is 7.80. The van der Waals surface area contributed by atoms with Gasteiger partial charge >= 0.3 is 0 Å². The fourth-order valence-corrected chi connectivity index (χ4v) is 3.83. The molecular weight excluding hydrogens is 360 g/mol. The van der Waals surface area contributed by atoms with Crippen molar-refractivity contribution in [3.8, 4) is 0 Å². The topological polar surface area (TPSA) is 115 Å². The van der Waals surface area contributed by atoms with Crippen molar-refractivity contribution >= 4 is 11.8 Å². The summed E-state index contributed by atoms with van der Waals surface area (Å²) in [6.45, 7) is 2.05. The van der Waals surface area contributed by atoms with Gasteiger partial charge in [0.2, 0.25) is 11.5 Å². The van der Waals surface area contributed by atoms with Crippen LogP contribution in [0.3, 0.4) is 0 Å². The first-order valence-electron chi connectivity index (χ1n) is 10.2. The number of pyridine rings is 1. The zero-order valence-electron chi connectivity index (χ0n) is 16.2. The number of amides is 2. The number of aliphatic hydroxyl groups excluding tert-OH is 1. The maximum Gasteiger partial charge on any atom is 0.267 e. The molecule has 154 valence electrons. The van der Waals surface area contributed by atoms with Crippen LogP contribution in [0.4, 0.5) is 0 Å². The molecule has 2 fully saturated rings. The molecule has 1 aromatic heterocycles. The number of H-pyrrole nitrogens is 1. The lowest BCUT2D eigenvalue weighted by Gasteiger charge is -2.30. The van der Waals surface area contributed by atoms with Crippen LogP contribution in [0, 0.1) is 5.92 Å². The number of aliphatic hydroxyl groups is 1. The second kappa shape index (κ2) is 9.84. The van der Waals surface area contributed by atoms with Crippen LogP contribution in [0.5, 0.6) is 0 Å². The Morgan fingerprint density at radius 1 is 1.14 bits per heavy atom. The van der Waals surface area contributed by atoms with Gasteiger partial charge in [-0.1, -0.05) is 6.07 Å². The summed E-state index contributed by atoms with van der Waals surface area (Å²) >= 11 is 0. The Hall–Kier alpha value is -2.19. The van der Waals surface area contributed by atoms with Gasteiger partial charge in [0.25, 0.3) is 5.91 Å². The summed E-state index contributed by atoms with van der Waals surface area (Å²) in [6.07, 6.45) is 5.36. The van der Waals surface area contributed by atoms with Crippen LogP contribution in [0.2, 0.25) is 0 Å². The first-order chi connectivity index (χ1) is 13.6. The van der Waals surface area contributed by atoms with Gasteiger partial charge < -0.3 is 20.7 Å². The zero-order valence-corrected chi connectivity index (χ0v) is 16.2. The Kier molecular flexibility index (Phi) is 7.22. The average molecular weight is 390 g/mol. The first-order valence-corrected chi connectivity index (χ1v) is 10.2. The van der Waals surface area contributed by atoms with Crippen LogP contribution in [0.1, 0.15) is 49.0 Å². The molecule has 3 rings (SSSR count). The van der Waals surface area contributed by atoms with Gasteiger partial charge in [0, 0.05) is 50.8 Å². The molecule has 0 unspecified atom stereocenters. The Morgan fingerprint density at radius 2 is 1.93 bits per heavy atom. The Bertz CT molecular complexity index is 731. The zero-order chi connectivity index (χ0) is 19.9. The minimum absolute atomic E-state index is 0.0193. The minimum atomic E-state index is -0.295. The van der Waals surface area contributed by atoms with Crippen molar-refractivity contribution < 1.29 is 14.7 Å². The van der Waals surface area contributed by atoms with Crippen molar-refractivity contribution in [3.05, 3.63) is 34.2 Å². The fraction of sp³-hybridized carbons (Fsp3) is 0.650. The van der Waals surface area contributed by atoms with E-state index in [4.69, 9.17) is 5.11 Å². The molecule has 4 N–H and O–H groups in total. The number of carbonyl (C=O) groups excluding carboxylic acids is 2. The number of hydrogen-bond acceptors (Lipinski definition) is 5. The molecular formula is C20H30N4O4. The molecule has 1 aliphatic carbocycles. The monoisotopic (exact) mass is 390 g/mol. The SMILES string of the molecule is O=C(C[C@H]1CC[C@@H](CNC(=O)c2cccc(=O)[nH]2)N1CC1CC1)NCCCO. The van der Waals surface area contributed by atoms with Gasteiger partial charge in [0.15, 0.2) is 0 Å². The van der Waals surface area contributed by atoms with E-state index in [-0.39, 0.29) is 41.8 Å². The number of aromatic nitrogens is 1. The maximum absolute atomic E-state index is 12.3. The van der Waals surface area contributed by atoms with Gasteiger partial charge in [-0.2, -0.15) is 0 Å². The molecule has 0 radical (unpaired) electrons. The number of nitrogens with one attached hydrogen (secondary N) is 3. The highest BCUT2D eigenvalue weighted by atomic mass is 16.3. The number of nitrogens with zero attached hydrogens (tertiary/aromatic N) is 1. The van der Waals surface area contributed by atoms with Gasteiger partial charge in [-0.15, -0.1) is 0 Å². The predicted octanol–water partition coefficient (Wildman–Crippen LogP) is 0.236. The lowest BCUT2D eigenvalue weighted by Crippen LogP contribution is -2.45. The van der Waals surface area contributed by atoms with Crippen molar-refractivity contribution in [2.45, 2.75) is 50.6 Å². The number of likely N-dealkylation sites (tertiary alicyclic amines) is 1. The molecule has 0 bridgehead atoms. The van der Waals surface area contributed by atoms with E-state index in [1.165, 1.54) is 18.9 Å². The molecule has 8 heteroatoms. The Balaban J connectivity index is 1.53. The van der Waals surface area contributed by atoms with Crippen LogP contribution in [-0.2, 0) is 4.79 Å². The second-order valence-corrected chi connectivity index (χ2v) is 7.80. The lowest BCUT2D eigenvalue weighted by molar-refractivity contribution is -0.122. The molecule has 2 amide bonds. The van der Waals surface area contributed by atoms with Crippen molar-refractivity contribution in [1.29, 1.82) is 0 Å². The summed E-state index contributed by atoms with van der Waals surface area (Å²) in [5.41, 5.74) is -0.0322. The highest BCUT2D eigenvalue weighted by molar-refractivity contribution is 5.92. The quantitative estimate of drug-likeness (QED) is 0.427. The van der Waals surface area contributed by atoms with Crippen molar-refractivity contribution in [2.75, 3.05) is 26.2 Å². The van der Waals surface area contributed by atoms with Crippen LogP contribution < -0.4 is 16.2 Å². The van der Waals surface area contributed by atoms with E-state index in [0.29, 0.717) is 31.8 Å². The maximum atomic E-state index is 12.3. The third kappa shape index (κ3) is 5.90. The molecule has 1 saturated carbocycles. The minimum Gasteiger partial charge on any atom is -0.396 e. The molecule has 1 aromatic rings. The summed E-state index contributed by atoms with van der Waals surface area (Å²) in [5, 5.41) is 14.6. The normalized spacial score (nSPS) is 22.2.